The number of rotatable bonds is 4. The molecule has 0 radical (unpaired) electrons. The van der Waals surface area contributed by atoms with Crippen LogP contribution in [0.5, 0.6) is 0 Å². The van der Waals surface area contributed by atoms with Gasteiger partial charge in [0.1, 0.15) is 5.82 Å². The number of oxazole rings is 1. The van der Waals surface area contributed by atoms with Crippen molar-refractivity contribution >= 4 is 17.5 Å². The van der Waals surface area contributed by atoms with Crippen molar-refractivity contribution in [1.82, 2.24) is 4.98 Å². The molecule has 5 heteroatoms. The third kappa shape index (κ3) is 2.88. The van der Waals surface area contributed by atoms with Crippen LogP contribution in [-0.2, 0) is 0 Å². The largest absolute Gasteiger partial charge is 0.423 e. The number of anilines is 2. The maximum absolute atomic E-state index is 13.6. The van der Waals surface area contributed by atoms with E-state index in [9.17, 15) is 9.18 Å². The Hall–Kier alpha value is -2.95. The molecule has 0 aliphatic rings. The van der Waals surface area contributed by atoms with Crippen molar-refractivity contribution in [2.75, 3.05) is 5.32 Å². The molecule has 0 bridgehead atoms. The fourth-order valence-electron chi connectivity index (χ4n) is 2.03. The van der Waals surface area contributed by atoms with Crippen LogP contribution >= 0.6 is 0 Å². The van der Waals surface area contributed by atoms with Crippen molar-refractivity contribution in [2.45, 2.75) is 6.92 Å². The second-order valence-electron chi connectivity index (χ2n) is 4.77. The molecule has 1 aromatic heterocycles. The second-order valence-corrected chi connectivity index (χ2v) is 4.77. The minimum absolute atomic E-state index is 0.0222. The minimum Gasteiger partial charge on any atom is -0.423 e. The normalized spacial score (nSPS) is 10.5. The number of carbonyl (C=O) groups excluding carboxylic acids is 1. The molecule has 0 aliphatic carbocycles. The van der Waals surface area contributed by atoms with Gasteiger partial charge in [0, 0.05) is 11.1 Å². The number of hydrogen-bond acceptors (Lipinski definition) is 4. The van der Waals surface area contributed by atoms with Crippen LogP contribution in [0.25, 0.3) is 11.3 Å². The second kappa shape index (κ2) is 5.81. The van der Waals surface area contributed by atoms with Crippen LogP contribution in [0.4, 0.5) is 16.1 Å². The summed E-state index contributed by atoms with van der Waals surface area (Å²) in [4.78, 5) is 15.5. The summed E-state index contributed by atoms with van der Waals surface area (Å²) in [6.45, 7) is 1.50. The van der Waals surface area contributed by atoms with Gasteiger partial charge in [-0.2, -0.15) is 0 Å². The van der Waals surface area contributed by atoms with Crippen molar-refractivity contribution in [3.8, 4) is 11.3 Å². The average Bonchev–Trinajstić information content (AvgIpc) is 2.98. The Morgan fingerprint density at radius 2 is 2.00 bits per heavy atom. The number of halogens is 1. The summed E-state index contributed by atoms with van der Waals surface area (Å²) in [7, 11) is 0. The molecule has 0 amide bonds. The van der Waals surface area contributed by atoms with Gasteiger partial charge in [-0.05, 0) is 25.1 Å². The third-order valence-corrected chi connectivity index (χ3v) is 3.17. The molecule has 4 nitrogen and oxygen atoms in total. The van der Waals surface area contributed by atoms with Gasteiger partial charge in [0.15, 0.2) is 11.5 Å². The Bertz CT molecular complexity index is 827. The number of para-hydroxylation sites is 1. The smallest absolute Gasteiger partial charge is 0.299 e. The van der Waals surface area contributed by atoms with Gasteiger partial charge < -0.3 is 9.73 Å². The molecular formula is C17H13FN2O2. The Balaban J connectivity index is 1.86. The molecule has 1 heterocycles. The van der Waals surface area contributed by atoms with E-state index in [1.165, 1.54) is 19.2 Å². The topological polar surface area (TPSA) is 55.1 Å². The summed E-state index contributed by atoms with van der Waals surface area (Å²) >= 11 is 0. The highest BCUT2D eigenvalue weighted by atomic mass is 19.1. The van der Waals surface area contributed by atoms with E-state index in [1.807, 2.05) is 6.07 Å². The number of hydrogen-bond donors (Lipinski definition) is 1. The van der Waals surface area contributed by atoms with Crippen LogP contribution in [0, 0.1) is 5.82 Å². The molecule has 2 aromatic carbocycles. The van der Waals surface area contributed by atoms with Gasteiger partial charge >= 0.3 is 0 Å². The SMILES string of the molecule is CC(=O)c1cccc(-c2cnc(Nc3ccccc3F)o2)c1. The number of nitrogens with zero attached hydrogens (tertiary/aromatic N) is 1. The van der Waals surface area contributed by atoms with Gasteiger partial charge in [0.25, 0.3) is 6.01 Å². The van der Waals surface area contributed by atoms with Gasteiger partial charge in [-0.1, -0.05) is 30.3 Å². The molecule has 3 rings (SSSR count). The third-order valence-electron chi connectivity index (χ3n) is 3.17. The lowest BCUT2D eigenvalue weighted by atomic mass is 10.1. The van der Waals surface area contributed by atoms with E-state index in [1.54, 1.807) is 36.4 Å². The van der Waals surface area contributed by atoms with Gasteiger partial charge in [-0.15, -0.1) is 0 Å². The monoisotopic (exact) mass is 296 g/mol. The number of aromatic nitrogens is 1. The standard InChI is InChI=1S/C17H13FN2O2/c1-11(21)12-5-4-6-13(9-12)16-10-19-17(22-16)20-15-8-3-2-7-14(15)18/h2-10H,1H3,(H,19,20). The van der Waals surface area contributed by atoms with E-state index in [0.29, 0.717) is 11.3 Å². The Morgan fingerprint density at radius 1 is 1.18 bits per heavy atom. The van der Waals surface area contributed by atoms with Crippen LogP contribution in [0.1, 0.15) is 17.3 Å². The molecule has 0 saturated carbocycles. The van der Waals surface area contributed by atoms with Gasteiger partial charge in [-0.25, -0.2) is 9.37 Å². The van der Waals surface area contributed by atoms with E-state index >= 15 is 0 Å². The number of benzene rings is 2. The van der Waals surface area contributed by atoms with E-state index < -0.39 is 0 Å². The first-order valence-electron chi connectivity index (χ1n) is 6.72. The van der Waals surface area contributed by atoms with Crippen molar-refractivity contribution in [2.24, 2.45) is 0 Å². The number of ketones is 1. The summed E-state index contributed by atoms with van der Waals surface area (Å²) in [5, 5.41) is 2.78. The van der Waals surface area contributed by atoms with Gasteiger partial charge in [0.05, 0.1) is 11.9 Å². The molecule has 0 aliphatic heterocycles. The van der Waals surface area contributed by atoms with Crippen LogP contribution in [0.3, 0.4) is 0 Å². The molecule has 1 N–H and O–H groups in total. The lowest BCUT2D eigenvalue weighted by Crippen LogP contribution is -1.92. The minimum atomic E-state index is -0.388. The highest BCUT2D eigenvalue weighted by molar-refractivity contribution is 5.95. The maximum atomic E-state index is 13.6. The van der Waals surface area contributed by atoms with E-state index in [0.717, 1.165) is 5.56 Å². The fourth-order valence-corrected chi connectivity index (χ4v) is 2.03. The molecule has 22 heavy (non-hydrogen) atoms. The number of carbonyl (C=O) groups is 1. The van der Waals surface area contributed by atoms with Crippen molar-refractivity contribution < 1.29 is 13.6 Å². The van der Waals surface area contributed by atoms with Crippen molar-refractivity contribution in [1.29, 1.82) is 0 Å². The summed E-state index contributed by atoms with van der Waals surface area (Å²) in [6, 6.07) is 13.5. The zero-order chi connectivity index (χ0) is 15.5. The van der Waals surface area contributed by atoms with E-state index in [2.05, 4.69) is 10.3 Å². The summed E-state index contributed by atoms with van der Waals surface area (Å²) < 4.78 is 19.1. The lowest BCUT2D eigenvalue weighted by Gasteiger charge is -2.02. The molecule has 3 aromatic rings. The molecule has 0 spiro atoms. The summed E-state index contributed by atoms with van der Waals surface area (Å²) in [5.41, 5.74) is 1.62. The fraction of sp³-hybridized carbons (Fsp3) is 0.0588. The Kier molecular flexibility index (Phi) is 3.70. The van der Waals surface area contributed by atoms with E-state index in [-0.39, 0.29) is 23.3 Å². The van der Waals surface area contributed by atoms with E-state index in [4.69, 9.17) is 4.42 Å². The van der Waals surface area contributed by atoms with Gasteiger partial charge in [0.2, 0.25) is 0 Å². The summed E-state index contributed by atoms with van der Waals surface area (Å²) in [5.74, 6) is 0.0915. The highest BCUT2D eigenvalue weighted by Gasteiger charge is 2.10. The van der Waals surface area contributed by atoms with Crippen LogP contribution in [0.15, 0.2) is 59.1 Å². The van der Waals surface area contributed by atoms with Crippen LogP contribution in [0.2, 0.25) is 0 Å². The zero-order valence-corrected chi connectivity index (χ0v) is 11.8. The molecule has 110 valence electrons. The van der Waals surface area contributed by atoms with Crippen LogP contribution < -0.4 is 5.32 Å². The maximum Gasteiger partial charge on any atom is 0.299 e. The Labute approximate surface area is 126 Å². The van der Waals surface area contributed by atoms with Crippen LogP contribution in [-0.4, -0.2) is 10.8 Å². The highest BCUT2D eigenvalue weighted by Crippen LogP contribution is 2.26. The van der Waals surface area contributed by atoms with Crippen molar-refractivity contribution in [3.05, 3.63) is 66.1 Å². The first-order chi connectivity index (χ1) is 10.6. The first-order valence-corrected chi connectivity index (χ1v) is 6.72. The summed E-state index contributed by atoms with van der Waals surface area (Å²) in [6.07, 6.45) is 1.53. The zero-order valence-electron chi connectivity index (χ0n) is 11.8. The lowest BCUT2D eigenvalue weighted by molar-refractivity contribution is 0.101. The number of Topliss-reactive ketones (excluding diaryl/α,β-unsaturated/α-hetero) is 1. The molecule has 0 saturated heterocycles. The molecule has 0 atom stereocenters. The first kappa shape index (κ1) is 14.0. The van der Waals surface area contributed by atoms with Crippen molar-refractivity contribution in [3.63, 3.8) is 0 Å². The molecule has 0 unspecified atom stereocenters. The Morgan fingerprint density at radius 3 is 2.77 bits per heavy atom. The average molecular weight is 296 g/mol. The number of nitrogens with one attached hydrogen (secondary N) is 1. The predicted octanol–water partition coefficient (Wildman–Crippen LogP) is 4.43. The predicted molar refractivity (Wildman–Crippen MR) is 81.6 cm³/mol. The quantitative estimate of drug-likeness (QED) is 0.724. The molecular weight excluding hydrogens is 283 g/mol. The molecule has 0 fully saturated rings. The van der Waals surface area contributed by atoms with Gasteiger partial charge in [-0.3, -0.25) is 4.79 Å².